The van der Waals surface area contributed by atoms with Crippen LogP contribution in [0.1, 0.15) is 16.8 Å². The average molecular weight is 272 g/mol. The van der Waals surface area contributed by atoms with E-state index in [0.29, 0.717) is 22.8 Å². The average Bonchev–Trinajstić information content (AvgIpc) is 2.35. The molecule has 18 heavy (non-hydrogen) atoms. The first kappa shape index (κ1) is 14.3. The van der Waals surface area contributed by atoms with Crippen LogP contribution >= 0.6 is 11.6 Å². The summed E-state index contributed by atoms with van der Waals surface area (Å²) in [5.74, 6) is -1.35. The van der Waals surface area contributed by atoms with Crippen molar-refractivity contribution in [1.29, 1.82) is 0 Å². The van der Waals surface area contributed by atoms with Crippen LogP contribution in [0.3, 0.4) is 0 Å². The third kappa shape index (κ3) is 3.63. The first-order chi connectivity index (χ1) is 8.45. The van der Waals surface area contributed by atoms with Crippen LogP contribution in [0.4, 0.5) is 5.69 Å². The Bertz CT molecular complexity index is 461. The van der Waals surface area contributed by atoms with E-state index in [1.807, 2.05) is 0 Å². The van der Waals surface area contributed by atoms with E-state index in [0.717, 1.165) is 0 Å². The minimum absolute atomic E-state index is 0.00468. The van der Waals surface area contributed by atoms with Crippen LogP contribution in [0.2, 0.25) is 5.02 Å². The number of esters is 1. The number of hydrogen-bond acceptors (Lipinski definition) is 4. The molecule has 5 nitrogen and oxygen atoms in total. The molecule has 0 aliphatic rings. The number of halogens is 1. The lowest BCUT2D eigenvalue weighted by atomic mass is 10.2. The lowest BCUT2D eigenvalue weighted by molar-refractivity contribution is -0.136. The van der Waals surface area contributed by atoms with Gasteiger partial charge >= 0.3 is 11.9 Å². The van der Waals surface area contributed by atoms with Crippen LogP contribution in [-0.2, 0) is 9.53 Å². The predicted octanol–water partition coefficient (Wildman–Crippen LogP) is 2.04. The molecule has 0 spiro atoms. The number of carboxylic acids is 1. The number of hydrogen-bond donors (Lipinski definition) is 1. The Kier molecular flexibility index (Phi) is 4.97. The van der Waals surface area contributed by atoms with Gasteiger partial charge in [-0.05, 0) is 18.2 Å². The van der Waals surface area contributed by atoms with E-state index >= 15 is 0 Å². The standard InChI is InChI=1S/C12H14ClNO4/c1-14(6-5-11(15)16)10-7-8(12(17)18-2)3-4-9(10)13/h3-4,7H,5-6H2,1-2H3,(H,15,16). The molecule has 0 saturated carbocycles. The van der Waals surface area contributed by atoms with E-state index in [1.54, 1.807) is 30.1 Å². The lowest BCUT2D eigenvalue weighted by Crippen LogP contribution is -2.21. The molecule has 0 radical (unpaired) electrons. The van der Waals surface area contributed by atoms with Crippen molar-refractivity contribution in [2.75, 3.05) is 25.6 Å². The second-order valence-electron chi connectivity index (χ2n) is 3.72. The maximum Gasteiger partial charge on any atom is 0.337 e. The van der Waals surface area contributed by atoms with E-state index in [4.69, 9.17) is 16.7 Å². The van der Waals surface area contributed by atoms with Crippen molar-refractivity contribution >= 4 is 29.2 Å². The van der Waals surface area contributed by atoms with Gasteiger partial charge in [-0.25, -0.2) is 4.79 Å². The van der Waals surface area contributed by atoms with E-state index in [9.17, 15) is 9.59 Å². The number of carboxylic acid groups (broad SMARTS) is 1. The van der Waals surface area contributed by atoms with Crippen molar-refractivity contribution in [3.05, 3.63) is 28.8 Å². The highest BCUT2D eigenvalue weighted by molar-refractivity contribution is 6.33. The Balaban J connectivity index is 2.92. The molecule has 0 aliphatic heterocycles. The quantitative estimate of drug-likeness (QED) is 0.830. The fourth-order valence-corrected chi connectivity index (χ4v) is 1.70. The first-order valence-electron chi connectivity index (χ1n) is 5.26. The molecule has 0 heterocycles. The summed E-state index contributed by atoms with van der Waals surface area (Å²) in [5.41, 5.74) is 0.972. The Morgan fingerprint density at radius 3 is 2.67 bits per heavy atom. The second-order valence-corrected chi connectivity index (χ2v) is 4.13. The smallest absolute Gasteiger partial charge is 0.337 e. The molecule has 0 aliphatic carbocycles. The highest BCUT2D eigenvalue weighted by Gasteiger charge is 2.12. The summed E-state index contributed by atoms with van der Waals surface area (Å²) >= 11 is 6.01. The van der Waals surface area contributed by atoms with Gasteiger partial charge in [0.05, 0.1) is 29.8 Å². The first-order valence-corrected chi connectivity index (χ1v) is 5.64. The minimum Gasteiger partial charge on any atom is -0.481 e. The van der Waals surface area contributed by atoms with Crippen LogP contribution in [0.15, 0.2) is 18.2 Å². The van der Waals surface area contributed by atoms with Gasteiger partial charge < -0.3 is 14.7 Å². The molecule has 1 aromatic rings. The van der Waals surface area contributed by atoms with Gasteiger partial charge in [-0.1, -0.05) is 11.6 Å². The molecule has 1 rings (SSSR count). The van der Waals surface area contributed by atoms with Gasteiger partial charge in [0, 0.05) is 13.6 Å². The van der Waals surface area contributed by atoms with Crippen molar-refractivity contribution in [3.8, 4) is 0 Å². The molecule has 0 atom stereocenters. The monoisotopic (exact) mass is 271 g/mol. The molecule has 0 fully saturated rings. The third-order valence-electron chi connectivity index (χ3n) is 2.44. The topological polar surface area (TPSA) is 66.8 Å². The Labute approximate surface area is 110 Å². The van der Waals surface area contributed by atoms with Gasteiger partial charge in [0.15, 0.2) is 0 Å². The van der Waals surface area contributed by atoms with Crippen molar-refractivity contribution in [2.24, 2.45) is 0 Å². The molecule has 0 amide bonds. The molecule has 98 valence electrons. The molecular formula is C12H14ClNO4. The Morgan fingerprint density at radius 1 is 1.44 bits per heavy atom. The zero-order valence-electron chi connectivity index (χ0n) is 10.1. The summed E-state index contributed by atoms with van der Waals surface area (Å²) in [6.45, 7) is 0.305. The van der Waals surface area contributed by atoms with E-state index in [1.165, 1.54) is 7.11 Å². The fraction of sp³-hybridized carbons (Fsp3) is 0.333. The van der Waals surface area contributed by atoms with E-state index in [-0.39, 0.29) is 6.42 Å². The molecule has 0 unspecified atom stereocenters. The van der Waals surface area contributed by atoms with Gasteiger partial charge in [0.1, 0.15) is 0 Å². The summed E-state index contributed by atoms with van der Waals surface area (Å²) in [6, 6.07) is 4.72. The number of anilines is 1. The maximum atomic E-state index is 11.4. The predicted molar refractivity (Wildman–Crippen MR) is 68.3 cm³/mol. The number of carbonyl (C=O) groups is 2. The third-order valence-corrected chi connectivity index (χ3v) is 2.76. The molecule has 0 saturated heterocycles. The normalized spacial score (nSPS) is 9.94. The van der Waals surface area contributed by atoms with Crippen LogP contribution in [0.5, 0.6) is 0 Å². The van der Waals surface area contributed by atoms with Gasteiger partial charge in [0.25, 0.3) is 0 Å². The number of aliphatic carboxylic acids is 1. The minimum atomic E-state index is -0.887. The van der Waals surface area contributed by atoms with Crippen LogP contribution in [-0.4, -0.2) is 37.7 Å². The van der Waals surface area contributed by atoms with Gasteiger partial charge in [-0.3, -0.25) is 4.79 Å². The molecular weight excluding hydrogens is 258 g/mol. The number of methoxy groups -OCH3 is 1. The van der Waals surface area contributed by atoms with E-state index in [2.05, 4.69) is 4.74 Å². The summed E-state index contributed by atoms with van der Waals surface area (Å²) in [5, 5.41) is 9.08. The van der Waals surface area contributed by atoms with Crippen molar-refractivity contribution in [2.45, 2.75) is 6.42 Å². The lowest BCUT2D eigenvalue weighted by Gasteiger charge is -2.20. The van der Waals surface area contributed by atoms with Crippen LogP contribution < -0.4 is 4.90 Å². The fourth-order valence-electron chi connectivity index (χ4n) is 1.43. The second kappa shape index (κ2) is 6.26. The summed E-state index contributed by atoms with van der Waals surface area (Å²) in [6.07, 6.45) is -0.00468. The van der Waals surface area contributed by atoms with Crippen LogP contribution in [0.25, 0.3) is 0 Å². The SMILES string of the molecule is COC(=O)c1ccc(Cl)c(N(C)CCC(=O)O)c1. The van der Waals surface area contributed by atoms with Crippen molar-refractivity contribution in [1.82, 2.24) is 0 Å². The maximum absolute atomic E-state index is 11.4. The number of rotatable bonds is 5. The summed E-state index contributed by atoms with van der Waals surface area (Å²) in [7, 11) is 3.01. The number of nitrogens with zero attached hydrogens (tertiary/aromatic N) is 1. The number of ether oxygens (including phenoxy) is 1. The van der Waals surface area contributed by atoms with E-state index < -0.39 is 11.9 Å². The van der Waals surface area contributed by atoms with Gasteiger partial charge in [0.2, 0.25) is 0 Å². The molecule has 0 aromatic heterocycles. The Morgan fingerprint density at radius 2 is 2.11 bits per heavy atom. The zero-order valence-corrected chi connectivity index (χ0v) is 10.9. The Hall–Kier alpha value is -1.75. The highest BCUT2D eigenvalue weighted by Crippen LogP contribution is 2.26. The number of benzene rings is 1. The molecule has 1 N–H and O–H groups in total. The summed E-state index contributed by atoms with van der Waals surface area (Å²) in [4.78, 5) is 23.6. The zero-order chi connectivity index (χ0) is 13.7. The molecule has 1 aromatic carbocycles. The number of carbonyl (C=O) groups excluding carboxylic acids is 1. The molecule has 0 bridgehead atoms. The van der Waals surface area contributed by atoms with Gasteiger partial charge in [-0.2, -0.15) is 0 Å². The summed E-state index contributed by atoms with van der Waals surface area (Å²) < 4.78 is 4.61. The largest absolute Gasteiger partial charge is 0.481 e. The van der Waals surface area contributed by atoms with Crippen molar-refractivity contribution < 1.29 is 19.4 Å². The van der Waals surface area contributed by atoms with Crippen LogP contribution in [0, 0.1) is 0 Å². The van der Waals surface area contributed by atoms with Crippen molar-refractivity contribution in [3.63, 3.8) is 0 Å². The van der Waals surface area contributed by atoms with Gasteiger partial charge in [-0.15, -0.1) is 0 Å². The molecule has 6 heteroatoms. The highest BCUT2D eigenvalue weighted by atomic mass is 35.5.